The largest absolute Gasteiger partial charge is 0.403 e. The fraction of sp³-hybridized carbons (Fsp3) is 0. The van der Waals surface area contributed by atoms with Gasteiger partial charge >= 0.3 is 0 Å². The highest BCUT2D eigenvalue weighted by Crippen LogP contribution is 1.62. The van der Waals surface area contributed by atoms with Crippen molar-refractivity contribution in [2.24, 2.45) is 5.73 Å². The Bertz CT molecular complexity index is 21.2. The van der Waals surface area contributed by atoms with E-state index in [0.717, 1.165) is 6.20 Å². The van der Waals surface area contributed by atoms with E-state index in [2.05, 4.69) is 11.3 Å². The predicted octanol–water partition coefficient (Wildman–Crippen LogP) is 0.458. The van der Waals surface area contributed by atoms with Crippen LogP contribution in [0.15, 0.2) is 6.20 Å². The van der Waals surface area contributed by atoms with E-state index in [1.54, 1.807) is 0 Å². The highest BCUT2D eigenvalue weighted by atomic mass is 35.5. The lowest BCUT2D eigenvalue weighted by Crippen LogP contribution is -1.69. The van der Waals surface area contributed by atoms with Crippen molar-refractivity contribution >= 4 is 11.6 Å². The number of nitrogens with two attached hydrogens (primary N) is 1. The first-order chi connectivity index (χ1) is 1.91. The monoisotopic (exact) mass is 76.0 g/mol. The average Bonchev–Trinajstić information content (AvgIpc) is 1.37. The summed E-state index contributed by atoms with van der Waals surface area (Å²) in [6, 6.07) is 0. The molecular weight excluding hydrogens is 73.5 g/mol. The third-order valence-corrected chi connectivity index (χ3v) is 0.189. The third kappa shape index (κ3) is 1.83. The maximum absolute atomic E-state index is 4.76. The fourth-order valence-corrected chi connectivity index (χ4v) is 0. The molecule has 0 aliphatic rings. The molecule has 0 aromatic carbocycles. The second-order valence-electron chi connectivity index (χ2n) is 0.276. The summed E-state index contributed by atoms with van der Waals surface area (Å²) in [5.41, 5.74) is 6.72. The first-order valence-corrected chi connectivity index (χ1v) is 1.19. The van der Waals surface area contributed by atoms with Crippen molar-refractivity contribution in [3.63, 3.8) is 0 Å². The Morgan fingerprint density at radius 3 is 2.25 bits per heavy atom. The van der Waals surface area contributed by atoms with Crippen molar-refractivity contribution in [1.82, 2.24) is 0 Å². The molecular formula is C2H3ClN. The van der Waals surface area contributed by atoms with Crippen LogP contribution < -0.4 is 5.73 Å². The first-order valence-electron chi connectivity index (χ1n) is 0.811. The van der Waals surface area contributed by atoms with Gasteiger partial charge in [0.15, 0.2) is 0 Å². The van der Waals surface area contributed by atoms with Gasteiger partial charge in [-0.15, -0.1) is 0 Å². The van der Waals surface area contributed by atoms with Crippen LogP contribution in [0.4, 0.5) is 0 Å². The molecule has 2 heteroatoms. The van der Waals surface area contributed by atoms with E-state index in [1.165, 1.54) is 0 Å². The summed E-state index contributed by atoms with van der Waals surface area (Å²) < 4.78 is 0. The Balaban J connectivity index is 2.55. The second kappa shape index (κ2) is 2.83. The zero-order valence-electron chi connectivity index (χ0n) is 2.03. The van der Waals surface area contributed by atoms with Crippen molar-refractivity contribution < 1.29 is 0 Å². The van der Waals surface area contributed by atoms with E-state index < -0.39 is 0 Å². The van der Waals surface area contributed by atoms with Crippen molar-refractivity contribution in [3.8, 4) is 0 Å². The van der Waals surface area contributed by atoms with Crippen LogP contribution in [0.2, 0.25) is 0 Å². The molecule has 1 radical (unpaired) electrons. The summed E-state index contributed by atoms with van der Waals surface area (Å²) in [5.74, 6) is 0. The molecule has 1 nitrogen and oxygen atoms in total. The molecule has 23 valence electrons. The standard InChI is InChI=1S/C2H3ClN/c3-1-2-4/h2H,4H2. The molecule has 0 saturated heterocycles. The lowest BCUT2D eigenvalue weighted by atomic mass is 11.1. The van der Waals surface area contributed by atoms with Gasteiger partial charge in [0.05, 0.1) is 5.54 Å². The highest BCUT2D eigenvalue weighted by molar-refractivity contribution is 6.21. The molecule has 0 saturated carbocycles. The van der Waals surface area contributed by atoms with Gasteiger partial charge in [-0.05, 0) is 0 Å². The molecule has 0 rings (SSSR count). The van der Waals surface area contributed by atoms with Gasteiger partial charge in [-0.1, -0.05) is 11.6 Å². The van der Waals surface area contributed by atoms with E-state index in [1.807, 2.05) is 0 Å². The molecule has 0 atom stereocenters. The minimum atomic E-state index is 1.14. The summed E-state index contributed by atoms with van der Waals surface area (Å²) in [7, 11) is 0. The molecule has 0 amide bonds. The summed E-state index contributed by atoms with van der Waals surface area (Å²) in [4.78, 5) is 0. The van der Waals surface area contributed by atoms with Crippen LogP contribution in [0, 0.1) is 5.54 Å². The quantitative estimate of drug-likeness (QED) is 0.446. The summed E-state index contributed by atoms with van der Waals surface area (Å²) in [6.45, 7) is 0. The minimum Gasteiger partial charge on any atom is -0.403 e. The molecule has 0 unspecified atom stereocenters. The normalized spacial score (nSPS) is 9.25. The summed E-state index contributed by atoms with van der Waals surface area (Å²) in [5, 5.41) is 0. The van der Waals surface area contributed by atoms with Gasteiger partial charge in [0.2, 0.25) is 0 Å². The van der Waals surface area contributed by atoms with Crippen LogP contribution in [0.5, 0.6) is 0 Å². The smallest absolute Gasteiger partial charge is 0.0761 e. The van der Waals surface area contributed by atoms with Crippen molar-refractivity contribution in [2.45, 2.75) is 0 Å². The first kappa shape index (κ1) is 3.83. The molecule has 0 aromatic rings. The zero-order chi connectivity index (χ0) is 3.41. The highest BCUT2D eigenvalue weighted by Gasteiger charge is 1.38. The Labute approximate surface area is 30.1 Å². The number of hydrogen-bond acceptors (Lipinski definition) is 1. The van der Waals surface area contributed by atoms with Crippen LogP contribution in [0.1, 0.15) is 0 Å². The topological polar surface area (TPSA) is 26.0 Å². The van der Waals surface area contributed by atoms with Crippen LogP contribution >= 0.6 is 11.6 Å². The van der Waals surface area contributed by atoms with Gasteiger partial charge in [0.25, 0.3) is 0 Å². The van der Waals surface area contributed by atoms with E-state index in [9.17, 15) is 0 Å². The Kier molecular flexibility index (Phi) is 2.71. The lowest BCUT2D eigenvalue weighted by molar-refractivity contribution is 1.61. The second-order valence-corrected chi connectivity index (χ2v) is 0.494. The van der Waals surface area contributed by atoms with Gasteiger partial charge in [-0.2, -0.15) is 0 Å². The number of halogens is 1. The van der Waals surface area contributed by atoms with Crippen molar-refractivity contribution in [3.05, 3.63) is 11.7 Å². The molecule has 0 bridgehead atoms. The van der Waals surface area contributed by atoms with Crippen LogP contribution in [-0.4, -0.2) is 0 Å². The zero-order valence-corrected chi connectivity index (χ0v) is 2.79. The Morgan fingerprint density at radius 2 is 2.25 bits per heavy atom. The SMILES string of the molecule is NC=[C]Cl. The van der Waals surface area contributed by atoms with Crippen LogP contribution in [-0.2, 0) is 0 Å². The summed E-state index contributed by atoms with van der Waals surface area (Å²) >= 11 is 4.76. The molecule has 0 aromatic heterocycles. The molecule has 4 heavy (non-hydrogen) atoms. The maximum Gasteiger partial charge on any atom is 0.0761 e. The van der Waals surface area contributed by atoms with Gasteiger partial charge in [0, 0.05) is 6.20 Å². The van der Waals surface area contributed by atoms with Gasteiger partial charge < -0.3 is 5.73 Å². The minimum absolute atomic E-state index is 1.14. The molecule has 0 fully saturated rings. The average molecular weight is 76.5 g/mol. The maximum atomic E-state index is 4.76. The molecule has 2 N–H and O–H groups in total. The van der Waals surface area contributed by atoms with Gasteiger partial charge in [0.1, 0.15) is 0 Å². The van der Waals surface area contributed by atoms with Crippen LogP contribution in [0.3, 0.4) is 0 Å². The van der Waals surface area contributed by atoms with Gasteiger partial charge in [-0.3, -0.25) is 0 Å². The van der Waals surface area contributed by atoms with E-state index in [0.29, 0.717) is 0 Å². The number of rotatable bonds is 0. The van der Waals surface area contributed by atoms with Crippen molar-refractivity contribution in [1.29, 1.82) is 0 Å². The van der Waals surface area contributed by atoms with E-state index >= 15 is 0 Å². The molecule has 0 spiro atoms. The lowest BCUT2D eigenvalue weighted by Gasteiger charge is -1.49. The molecule has 0 heterocycles. The van der Waals surface area contributed by atoms with E-state index in [4.69, 9.17) is 11.6 Å². The summed E-state index contributed by atoms with van der Waals surface area (Å²) in [6.07, 6.45) is 1.14. The number of hydrogen-bond donors (Lipinski definition) is 1. The fourth-order valence-electron chi connectivity index (χ4n) is 0. The van der Waals surface area contributed by atoms with Gasteiger partial charge in [-0.25, -0.2) is 0 Å². The van der Waals surface area contributed by atoms with Crippen LogP contribution in [0.25, 0.3) is 0 Å². The molecule has 0 aliphatic carbocycles. The Hall–Kier alpha value is -0.170. The van der Waals surface area contributed by atoms with E-state index in [-0.39, 0.29) is 0 Å². The third-order valence-electron chi connectivity index (χ3n) is 0.0630. The Morgan fingerprint density at radius 1 is 2.00 bits per heavy atom. The predicted molar refractivity (Wildman–Crippen MR) is 17.9 cm³/mol. The van der Waals surface area contributed by atoms with Crippen molar-refractivity contribution in [2.75, 3.05) is 0 Å². The molecule has 0 aliphatic heterocycles.